The predicted molar refractivity (Wildman–Crippen MR) is 96.6 cm³/mol. The number of nitrogens with one attached hydrogen (secondary N) is 1. The SMILES string of the molecule is CN(C)C(CN=C(N)NCCc1cccs1)C1CCCCC1. The summed E-state index contributed by atoms with van der Waals surface area (Å²) >= 11 is 1.79. The van der Waals surface area contributed by atoms with E-state index < -0.39 is 0 Å². The van der Waals surface area contributed by atoms with E-state index >= 15 is 0 Å². The highest BCUT2D eigenvalue weighted by Crippen LogP contribution is 2.28. The molecule has 1 unspecified atom stereocenters. The molecule has 1 atom stereocenters. The lowest BCUT2D eigenvalue weighted by Gasteiger charge is -2.33. The van der Waals surface area contributed by atoms with E-state index in [9.17, 15) is 0 Å². The summed E-state index contributed by atoms with van der Waals surface area (Å²) in [7, 11) is 4.32. The van der Waals surface area contributed by atoms with Crippen molar-refractivity contribution in [2.24, 2.45) is 16.6 Å². The first kappa shape index (κ1) is 17.3. The molecule has 0 aliphatic heterocycles. The Morgan fingerprint density at radius 2 is 2.18 bits per heavy atom. The Balaban J connectivity index is 1.76. The summed E-state index contributed by atoms with van der Waals surface area (Å²) in [5, 5.41) is 5.34. The molecule has 1 aromatic heterocycles. The van der Waals surface area contributed by atoms with Gasteiger partial charge in [0.1, 0.15) is 0 Å². The third-order valence-corrected chi connectivity index (χ3v) is 5.50. The van der Waals surface area contributed by atoms with Gasteiger partial charge in [0, 0.05) is 17.5 Å². The number of nitrogens with zero attached hydrogens (tertiary/aromatic N) is 2. The van der Waals surface area contributed by atoms with Gasteiger partial charge in [0.2, 0.25) is 0 Å². The van der Waals surface area contributed by atoms with Crippen LogP contribution in [0.1, 0.15) is 37.0 Å². The predicted octanol–water partition coefficient (Wildman–Crippen LogP) is 2.71. The van der Waals surface area contributed by atoms with Crippen LogP contribution in [0.15, 0.2) is 22.5 Å². The summed E-state index contributed by atoms with van der Waals surface area (Å²) in [6.45, 7) is 1.65. The number of aliphatic imine (C=N–C) groups is 1. The van der Waals surface area contributed by atoms with Gasteiger partial charge in [-0.05, 0) is 50.7 Å². The summed E-state index contributed by atoms with van der Waals surface area (Å²) in [5.41, 5.74) is 6.01. The Labute approximate surface area is 138 Å². The highest BCUT2D eigenvalue weighted by molar-refractivity contribution is 7.09. The van der Waals surface area contributed by atoms with Crippen LogP contribution >= 0.6 is 11.3 Å². The molecular weight excluding hydrogens is 292 g/mol. The molecule has 1 saturated carbocycles. The molecule has 124 valence electrons. The van der Waals surface area contributed by atoms with Gasteiger partial charge in [-0.3, -0.25) is 4.99 Å². The van der Waals surface area contributed by atoms with E-state index in [2.05, 4.69) is 46.8 Å². The van der Waals surface area contributed by atoms with Crippen molar-refractivity contribution in [2.75, 3.05) is 27.2 Å². The molecule has 0 spiro atoms. The zero-order valence-electron chi connectivity index (χ0n) is 13.9. The first-order chi connectivity index (χ1) is 10.7. The number of nitrogens with two attached hydrogens (primary N) is 1. The molecule has 0 saturated heterocycles. The Morgan fingerprint density at radius 3 is 2.82 bits per heavy atom. The largest absolute Gasteiger partial charge is 0.370 e. The summed E-state index contributed by atoms with van der Waals surface area (Å²) in [4.78, 5) is 8.29. The lowest BCUT2D eigenvalue weighted by molar-refractivity contribution is 0.176. The van der Waals surface area contributed by atoms with Crippen molar-refractivity contribution >= 4 is 17.3 Å². The van der Waals surface area contributed by atoms with Gasteiger partial charge in [0.05, 0.1) is 6.54 Å². The average molecular weight is 323 g/mol. The second-order valence-corrected chi connectivity index (χ2v) is 7.44. The van der Waals surface area contributed by atoms with Crippen molar-refractivity contribution < 1.29 is 0 Å². The number of likely N-dealkylation sites (N-methyl/N-ethyl adjacent to an activating group) is 1. The summed E-state index contributed by atoms with van der Waals surface area (Å²) < 4.78 is 0. The topological polar surface area (TPSA) is 53.6 Å². The zero-order valence-corrected chi connectivity index (χ0v) is 14.7. The second kappa shape index (κ2) is 9.16. The number of thiophene rings is 1. The minimum absolute atomic E-state index is 0.512. The molecule has 0 radical (unpaired) electrons. The van der Waals surface area contributed by atoms with Crippen LogP contribution in [0.3, 0.4) is 0 Å². The normalized spacial score (nSPS) is 18.6. The number of hydrogen-bond donors (Lipinski definition) is 2. The van der Waals surface area contributed by atoms with Gasteiger partial charge in [-0.2, -0.15) is 0 Å². The Morgan fingerprint density at radius 1 is 1.41 bits per heavy atom. The van der Waals surface area contributed by atoms with Crippen LogP contribution in [0, 0.1) is 5.92 Å². The minimum atomic E-state index is 0.512. The van der Waals surface area contributed by atoms with Crippen molar-refractivity contribution in [3.8, 4) is 0 Å². The lowest BCUT2D eigenvalue weighted by atomic mass is 9.83. The van der Waals surface area contributed by atoms with Crippen LogP contribution in [0.5, 0.6) is 0 Å². The van der Waals surface area contributed by atoms with Crippen molar-refractivity contribution in [3.63, 3.8) is 0 Å². The van der Waals surface area contributed by atoms with Gasteiger partial charge in [-0.15, -0.1) is 11.3 Å². The number of rotatable bonds is 7. The van der Waals surface area contributed by atoms with Crippen LogP contribution < -0.4 is 11.1 Å². The molecule has 0 bridgehead atoms. The Bertz CT molecular complexity index is 436. The number of guanidine groups is 1. The fourth-order valence-corrected chi connectivity index (χ4v) is 3.98. The van der Waals surface area contributed by atoms with E-state index in [-0.39, 0.29) is 0 Å². The van der Waals surface area contributed by atoms with E-state index in [4.69, 9.17) is 5.73 Å². The van der Waals surface area contributed by atoms with Gasteiger partial charge in [-0.1, -0.05) is 25.3 Å². The molecule has 1 aliphatic rings. The Kier molecular flexibility index (Phi) is 7.19. The first-order valence-electron chi connectivity index (χ1n) is 8.39. The van der Waals surface area contributed by atoms with Gasteiger partial charge in [-0.25, -0.2) is 0 Å². The van der Waals surface area contributed by atoms with E-state index in [1.807, 2.05) is 0 Å². The third kappa shape index (κ3) is 5.61. The monoisotopic (exact) mass is 322 g/mol. The first-order valence-corrected chi connectivity index (χ1v) is 9.27. The lowest BCUT2D eigenvalue weighted by Crippen LogP contribution is -2.40. The molecule has 0 aromatic carbocycles. The molecule has 0 amide bonds. The molecule has 4 nitrogen and oxygen atoms in total. The Hall–Kier alpha value is -1.07. The summed E-state index contributed by atoms with van der Waals surface area (Å²) in [6.07, 6.45) is 7.81. The summed E-state index contributed by atoms with van der Waals surface area (Å²) in [5.74, 6) is 1.35. The standard InChI is InChI=1S/C17H30N4S/c1-21(2)16(14-7-4-3-5-8-14)13-20-17(18)19-11-10-15-9-6-12-22-15/h6,9,12,14,16H,3-5,7-8,10-11,13H2,1-2H3,(H3,18,19,20). The number of hydrogen-bond acceptors (Lipinski definition) is 3. The molecule has 3 N–H and O–H groups in total. The van der Waals surface area contributed by atoms with Gasteiger partial charge < -0.3 is 16.0 Å². The van der Waals surface area contributed by atoms with Crippen LogP contribution in [-0.2, 0) is 6.42 Å². The minimum Gasteiger partial charge on any atom is -0.370 e. The van der Waals surface area contributed by atoms with Crippen LogP contribution in [0.2, 0.25) is 0 Å². The summed E-state index contributed by atoms with van der Waals surface area (Å²) in [6, 6.07) is 4.76. The van der Waals surface area contributed by atoms with Gasteiger partial charge in [0.15, 0.2) is 5.96 Å². The van der Waals surface area contributed by atoms with Crippen molar-refractivity contribution in [1.29, 1.82) is 0 Å². The van der Waals surface area contributed by atoms with Crippen LogP contribution in [0.25, 0.3) is 0 Å². The maximum Gasteiger partial charge on any atom is 0.188 e. The van der Waals surface area contributed by atoms with E-state index in [1.54, 1.807) is 11.3 Å². The fraction of sp³-hybridized carbons (Fsp3) is 0.706. The smallest absolute Gasteiger partial charge is 0.188 e. The quantitative estimate of drug-likeness (QED) is 0.599. The second-order valence-electron chi connectivity index (χ2n) is 6.41. The fourth-order valence-electron chi connectivity index (χ4n) is 3.27. The average Bonchev–Trinajstić information content (AvgIpc) is 3.01. The highest BCUT2D eigenvalue weighted by Gasteiger charge is 2.24. The van der Waals surface area contributed by atoms with Gasteiger partial charge in [0.25, 0.3) is 0 Å². The van der Waals surface area contributed by atoms with E-state index in [1.165, 1.54) is 37.0 Å². The van der Waals surface area contributed by atoms with Crippen molar-refractivity contribution in [1.82, 2.24) is 10.2 Å². The van der Waals surface area contributed by atoms with E-state index in [0.29, 0.717) is 12.0 Å². The molecule has 1 aliphatic carbocycles. The van der Waals surface area contributed by atoms with E-state index in [0.717, 1.165) is 25.4 Å². The molecule has 2 rings (SSSR count). The third-order valence-electron chi connectivity index (χ3n) is 4.56. The molecule has 1 heterocycles. The molecular formula is C17H30N4S. The zero-order chi connectivity index (χ0) is 15.8. The molecule has 22 heavy (non-hydrogen) atoms. The van der Waals surface area contributed by atoms with Crippen molar-refractivity contribution in [2.45, 2.75) is 44.6 Å². The maximum atomic E-state index is 6.01. The molecule has 1 aromatic rings. The molecule has 5 heteroatoms. The van der Waals surface area contributed by atoms with Crippen LogP contribution in [-0.4, -0.2) is 44.1 Å². The maximum absolute atomic E-state index is 6.01. The van der Waals surface area contributed by atoms with Gasteiger partial charge >= 0.3 is 0 Å². The van der Waals surface area contributed by atoms with Crippen molar-refractivity contribution in [3.05, 3.63) is 22.4 Å². The highest BCUT2D eigenvalue weighted by atomic mass is 32.1. The molecule has 1 fully saturated rings. The van der Waals surface area contributed by atoms with Crippen LogP contribution in [0.4, 0.5) is 0 Å².